The van der Waals surface area contributed by atoms with Gasteiger partial charge >= 0.3 is 0 Å². The molecule has 0 amide bonds. The maximum absolute atomic E-state index is 13.9. The van der Waals surface area contributed by atoms with E-state index in [0.29, 0.717) is 10.9 Å². The summed E-state index contributed by atoms with van der Waals surface area (Å²) in [7, 11) is 0. The normalized spacial score (nSPS) is 23.7. The highest BCUT2D eigenvalue weighted by atomic mass is 35.5. The lowest BCUT2D eigenvalue weighted by Crippen LogP contribution is -2.48. The van der Waals surface area contributed by atoms with Crippen LogP contribution in [0.15, 0.2) is 30.7 Å². The minimum Gasteiger partial charge on any atom is -0.355 e. The van der Waals surface area contributed by atoms with Crippen LogP contribution in [0.2, 0.25) is 5.02 Å². The summed E-state index contributed by atoms with van der Waals surface area (Å²) in [6.07, 6.45) is 5.94. The molecule has 132 valence electrons. The van der Waals surface area contributed by atoms with Gasteiger partial charge in [-0.2, -0.15) is 0 Å². The lowest BCUT2D eigenvalue weighted by atomic mass is 9.92. The summed E-state index contributed by atoms with van der Waals surface area (Å²) >= 11 is 5.92. The summed E-state index contributed by atoms with van der Waals surface area (Å²) < 4.78 is 27.9. The second-order valence-electron chi connectivity index (χ2n) is 6.74. The van der Waals surface area contributed by atoms with Crippen molar-refractivity contribution in [2.24, 2.45) is 5.92 Å². The van der Waals surface area contributed by atoms with E-state index in [-0.39, 0.29) is 18.2 Å². The Balaban J connectivity index is 1.51. The van der Waals surface area contributed by atoms with E-state index >= 15 is 0 Å². The van der Waals surface area contributed by atoms with E-state index in [1.54, 1.807) is 6.20 Å². The Morgan fingerprint density at radius 2 is 1.84 bits per heavy atom. The zero-order valence-electron chi connectivity index (χ0n) is 13.7. The molecule has 2 unspecified atom stereocenters. The second kappa shape index (κ2) is 6.84. The summed E-state index contributed by atoms with van der Waals surface area (Å²) in [5.74, 6) is 0.318. The molecule has 25 heavy (non-hydrogen) atoms. The van der Waals surface area contributed by atoms with Crippen molar-refractivity contribution in [3.8, 4) is 0 Å². The molecule has 2 atom stereocenters. The Morgan fingerprint density at radius 1 is 1.08 bits per heavy atom. The number of nitrogens with zero attached hydrogens (tertiary/aromatic N) is 4. The van der Waals surface area contributed by atoms with Crippen LogP contribution in [0.5, 0.6) is 0 Å². The molecule has 0 aliphatic carbocycles. The second-order valence-corrected chi connectivity index (χ2v) is 7.17. The van der Waals surface area contributed by atoms with Crippen LogP contribution < -0.4 is 4.90 Å². The molecule has 2 aliphatic heterocycles. The molecule has 2 aromatic heterocycles. The minimum absolute atomic E-state index is 0.109. The Kier molecular flexibility index (Phi) is 4.56. The third-order valence-corrected chi connectivity index (χ3v) is 5.55. The van der Waals surface area contributed by atoms with Crippen LogP contribution in [0, 0.1) is 17.6 Å². The number of anilines is 1. The summed E-state index contributed by atoms with van der Waals surface area (Å²) in [5, 5.41) is 0.616. The molecule has 0 radical (unpaired) electrons. The van der Waals surface area contributed by atoms with E-state index in [1.807, 2.05) is 12.1 Å². The zero-order chi connectivity index (χ0) is 17.4. The Morgan fingerprint density at radius 3 is 2.56 bits per heavy atom. The van der Waals surface area contributed by atoms with Gasteiger partial charge in [0, 0.05) is 37.4 Å². The Labute approximate surface area is 150 Å². The van der Waals surface area contributed by atoms with Crippen molar-refractivity contribution in [1.29, 1.82) is 0 Å². The van der Waals surface area contributed by atoms with Crippen LogP contribution in [0.1, 0.15) is 18.4 Å². The fraction of sp³-hybridized carbons (Fsp3) is 0.444. The topological polar surface area (TPSA) is 32.3 Å². The van der Waals surface area contributed by atoms with Crippen LogP contribution in [0.3, 0.4) is 0 Å². The van der Waals surface area contributed by atoms with Crippen LogP contribution >= 0.6 is 11.6 Å². The van der Waals surface area contributed by atoms with E-state index in [9.17, 15) is 8.78 Å². The van der Waals surface area contributed by atoms with Gasteiger partial charge in [-0.05, 0) is 37.4 Å². The number of pyridine rings is 2. The van der Waals surface area contributed by atoms with Crippen molar-refractivity contribution >= 4 is 17.4 Å². The molecule has 2 aliphatic rings. The van der Waals surface area contributed by atoms with Gasteiger partial charge in [-0.15, -0.1) is 0 Å². The fourth-order valence-corrected chi connectivity index (χ4v) is 4.09. The molecule has 2 aromatic rings. The van der Waals surface area contributed by atoms with Crippen molar-refractivity contribution in [1.82, 2.24) is 14.9 Å². The summed E-state index contributed by atoms with van der Waals surface area (Å²) in [6, 6.07) is 4.03. The van der Waals surface area contributed by atoms with E-state index in [1.165, 1.54) is 0 Å². The first kappa shape index (κ1) is 16.7. The summed E-state index contributed by atoms with van der Waals surface area (Å²) in [5.41, 5.74) is 0.109. The molecular formula is C18H19ClF2N4. The van der Waals surface area contributed by atoms with Crippen LogP contribution in [-0.4, -0.2) is 40.5 Å². The lowest BCUT2D eigenvalue weighted by molar-refractivity contribution is 0.196. The largest absolute Gasteiger partial charge is 0.355 e. The van der Waals surface area contributed by atoms with Crippen molar-refractivity contribution in [2.75, 3.05) is 24.5 Å². The third-order valence-electron chi connectivity index (χ3n) is 5.33. The van der Waals surface area contributed by atoms with Crippen molar-refractivity contribution < 1.29 is 8.78 Å². The van der Waals surface area contributed by atoms with Gasteiger partial charge in [0.25, 0.3) is 0 Å². The standard InChI is InChI=1S/C18H19ClF2N4/c19-13-1-2-18(23-7-13)25-6-4-12-3-5-24(17(12)11-25)10-14-15(20)8-22-9-16(14)21/h1-2,7-9,12,17H,3-6,10-11H2. The predicted molar refractivity (Wildman–Crippen MR) is 92.5 cm³/mol. The maximum Gasteiger partial charge on any atom is 0.148 e. The highest BCUT2D eigenvalue weighted by molar-refractivity contribution is 6.30. The van der Waals surface area contributed by atoms with Gasteiger partial charge in [-0.25, -0.2) is 13.8 Å². The molecule has 4 nitrogen and oxygen atoms in total. The number of hydrogen-bond donors (Lipinski definition) is 0. The smallest absolute Gasteiger partial charge is 0.148 e. The molecular weight excluding hydrogens is 346 g/mol. The Hall–Kier alpha value is -1.79. The average molecular weight is 365 g/mol. The van der Waals surface area contributed by atoms with Crippen LogP contribution in [0.4, 0.5) is 14.6 Å². The first-order chi connectivity index (χ1) is 12.1. The maximum atomic E-state index is 13.9. The monoisotopic (exact) mass is 364 g/mol. The summed E-state index contributed by atoms with van der Waals surface area (Å²) in [6.45, 7) is 2.90. The van der Waals surface area contributed by atoms with Gasteiger partial charge in [-0.3, -0.25) is 9.88 Å². The summed E-state index contributed by atoms with van der Waals surface area (Å²) in [4.78, 5) is 12.4. The van der Waals surface area contributed by atoms with Gasteiger partial charge in [0.05, 0.1) is 17.4 Å². The molecule has 0 aromatic carbocycles. The zero-order valence-corrected chi connectivity index (χ0v) is 14.5. The van der Waals surface area contributed by atoms with E-state index in [4.69, 9.17) is 11.6 Å². The molecule has 0 saturated carbocycles. The van der Waals surface area contributed by atoms with Gasteiger partial charge < -0.3 is 4.90 Å². The van der Waals surface area contributed by atoms with Crippen molar-refractivity contribution in [3.05, 3.63) is 52.9 Å². The molecule has 4 heterocycles. The molecule has 4 rings (SSSR count). The number of likely N-dealkylation sites (tertiary alicyclic amines) is 1. The number of halogens is 3. The van der Waals surface area contributed by atoms with Gasteiger partial charge in [-0.1, -0.05) is 11.6 Å². The highest BCUT2D eigenvalue weighted by Crippen LogP contribution is 2.34. The quantitative estimate of drug-likeness (QED) is 0.834. The third kappa shape index (κ3) is 3.33. The lowest BCUT2D eigenvalue weighted by Gasteiger charge is -2.39. The fourth-order valence-electron chi connectivity index (χ4n) is 3.98. The SMILES string of the molecule is Fc1cncc(F)c1CN1CCC2CCN(c3ccc(Cl)cn3)CC21. The number of aromatic nitrogens is 2. The van der Waals surface area contributed by atoms with Gasteiger partial charge in [0.15, 0.2) is 0 Å². The van der Waals surface area contributed by atoms with Crippen molar-refractivity contribution in [2.45, 2.75) is 25.4 Å². The predicted octanol–water partition coefficient (Wildman–Crippen LogP) is 3.51. The van der Waals surface area contributed by atoms with E-state index in [2.05, 4.69) is 19.8 Å². The number of piperidine rings is 1. The molecule has 2 fully saturated rings. The number of hydrogen-bond acceptors (Lipinski definition) is 4. The van der Waals surface area contributed by atoms with E-state index in [0.717, 1.165) is 50.7 Å². The van der Waals surface area contributed by atoms with Crippen LogP contribution in [0.25, 0.3) is 0 Å². The van der Waals surface area contributed by atoms with Gasteiger partial charge in [0.2, 0.25) is 0 Å². The van der Waals surface area contributed by atoms with Crippen molar-refractivity contribution in [3.63, 3.8) is 0 Å². The molecule has 0 spiro atoms. The van der Waals surface area contributed by atoms with E-state index < -0.39 is 11.6 Å². The number of fused-ring (bicyclic) bond motifs is 1. The average Bonchev–Trinajstić information content (AvgIpc) is 3.01. The first-order valence-corrected chi connectivity index (χ1v) is 8.88. The Bertz CT molecular complexity index is 735. The molecule has 7 heteroatoms. The van der Waals surface area contributed by atoms with Gasteiger partial charge in [0.1, 0.15) is 17.5 Å². The highest BCUT2D eigenvalue weighted by Gasteiger charge is 2.39. The first-order valence-electron chi connectivity index (χ1n) is 8.50. The molecule has 0 N–H and O–H groups in total. The molecule has 2 saturated heterocycles. The molecule has 0 bridgehead atoms. The number of rotatable bonds is 3. The van der Waals surface area contributed by atoms with Crippen LogP contribution in [-0.2, 0) is 6.54 Å². The minimum atomic E-state index is -0.574.